The minimum absolute atomic E-state index is 0.100. The molecule has 120 valence electrons. The molecule has 2 atom stereocenters. The normalized spacial score (nSPS) is 21.0. The summed E-state index contributed by atoms with van der Waals surface area (Å²) < 4.78 is 33.3. The topological polar surface area (TPSA) is 67.4 Å². The molecule has 0 saturated carbocycles. The molecule has 0 bridgehead atoms. The first-order chi connectivity index (χ1) is 9.88. The van der Waals surface area contributed by atoms with Crippen molar-refractivity contribution >= 4 is 21.4 Å². The first-order valence-corrected chi connectivity index (χ1v) is 9.60. The molecule has 1 aliphatic rings. The Morgan fingerprint density at radius 3 is 2.76 bits per heavy atom. The van der Waals surface area contributed by atoms with Crippen LogP contribution in [0.4, 0.5) is 0 Å². The van der Waals surface area contributed by atoms with Crippen LogP contribution in [-0.4, -0.2) is 33.7 Å². The molecule has 2 rings (SSSR count). The third-order valence-corrected chi connectivity index (χ3v) is 6.74. The molecule has 2 unspecified atom stereocenters. The summed E-state index contributed by atoms with van der Waals surface area (Å²) in [5.74, 6) is 0.266. The smallest absolute Gasteiger partial charge is 0.250 e. The van der Waals surface area contributed by atoms with Crippen LogP contribution in [0.1, 0.15) is 32.1 Å². The number of nitrogens with one attached hydrogen (secondary N) is 2. The van der Waals surface area contributed by atoms with Crippen LogP contribution in [0.15, 0.2) is 16.3 Å². The van der Waals surface area contributed by atoms with Crippen LogP contribution in [0.25, 0.3) is 0 Å². The van der Waals surface area contributed by atoms with Crippen LogP contribution < -0.4 is 10.0 Å². The molecule has 0 aliphatic carbocycles. The third kappa shape index (κ3) is 4.75. The van der Waals surface area contributed by atoms with Crippen molar-refractivity contribution in [3.8, 4) is 0 Å². The first kappa shape index (κ1) is 16.9. The monoisotopic (exact) mass is 332 g/mol. The van der Waals surface area contributed by atoms with Crippen molar-refractivity contribution in [3.05, 3.63) is 17.0 Å². The molecule has 21 heavy (non-hydrogen) atoms. The summed E-state index contributed by atoms with van der Waals surface area (Å²) in [6.07, 6.45) is 0.914. The Bertz CT molecular complexity index is 548. The van der Waals surface area contributed by atoms with Gasteiger partial charge in [-0.1, -0.05) is 13.8 Å². The molecule has 1 fully saturated rings. The number of rotatable bonds is 7. The summed E-state index contributed by atoms with van der Waals surface area (Å²) in [4.78, 5) is 1.03. The van der Waals surface area contributed by atoms with E-state index in [-0.39, 0.29) is 12.0 Å². The lowest BCUT2D eigenvalue weighted by Crippen LogP contribution is -2.38. The molecule has 2 heterocycles. The lowest BCUT2D eigenvalue weighted by molar-refractivity contribution is 0.180. The Morgan fingerprint density at radius 2 is 2.14 bits per heavy atom. The van der Waals surface area contributed by atoms with Gasteiger partial charge in [0.2, 0.25) is 10.0 Å². The van der Waals surface area contributed by atoms with Crippen molar-refractivity contribution in [1.82, 2.24) is 10.0 Å². The average molecular weight is 332 g/mol. The Kier molecular flexibility index (Phi) is 5.79. The zero-order valence-electron chi connectivity index (χ0n) is 12.8. The van der Waals surface area contributed by atoms with E-state index in [9.17, 15) is 8.42 Å². The van der Waals surface area contributed by atoms with Gasteiger partial charge >= 0.3 is 0 Å². The van der Waals surface area contributed by atoms with Crippen molar-refractivity contribution in [2.24, 2.45) is 5.92 Å². The predicted molar refractivity (Wildman–Crippen MR) is 85.0 cm³/mol. The molecule has 0 spiro atoms. The van der Waals surface area contributed by atoms with Gasteiger partial charge in [0.05, 0.1) is 6.61 Å². The lowest BCUT2D eigenvalue weighted by atomic mass is 10.0. The minimum Gasteiger partial charge on any atom is -0.381 e. The summed E-state index contributed by atoms with van der Waals surface area (Å²) in [5, 5.41) is 3.29. The summed E-state index contributed by atoms with van der Waals surface area (Å²) in [6.45, 7) is 8.10. The van der Waals surface area contributed by atoms with Crippen molar-refractivity contribution < 1.29 is 13.2 Å². The number of hydrogen-bond acceptors (Lipinski definition) is 5. The van der Waals surface area contributed by atoms with E-state index < -0.39 is 10.0 Å². The SMILES string of the molecule is CC(C)NCc1ccc(S(=O)(=O)NC(C)C2CCOC2)s1. The lowest BCUT2D eigenvalue weighted by Gasteiger charge is -2.18. The van der Waals surface area contributed by atoms with Gasteiger partial charge < -0.3 is 10.1 Å². The molecule has 5 nitrogen and oxygen atoms in total. The molecule has 2 N–H and O–H groups in total. The Labute approximate surface area is 131 Å². The highest BCUT2D eigenvalue weighted by Crippen LogP contribution is 2.24. The molecular weight excluding hydrogens is 308 g/mol. The summed E-state index contributed by atoms with van der Waals surface area (Å²) in [7, 11) is -3.43. The van der Waals surface area contributed by atoms with E-state index in [1.165, 1.54) is 11.3 Å². The van der Waals surface area contributed by atoms with E-state index in [1.807, 2.05) is 13.0 Å². The van der Waals surface area contributed by atoms with E-state index in [4.69, 9.17) is 4.74 Å². The van der Waals surface area contributed by atoms with Crippen LogP contribution in [0.3, 0.4) is 0 Å². The molecule has 1 saturated heterocycles. The first-order valence-electron chi connectivity index (χ1n) is 7.30. The van der Waals surface area contributed by atoms with Gasteiger partial charge in [0, 0.05) is 36.0 Å². The van der Waals surface area contributed by atoms with Crippen LogP contribution in [-0.2, 0) is 21.3 Å². The van der Waals surface area contributed by atoms with Gasteiger partial charge in [0.15, 0.2) is 0 Å². The van der Waals surface area contributed by atoms with Crippen molar-refractivity contribution in [1.29, 1.82) is 0 Å². The highest BCUT2D eigenvalue weighted by Gasteiger charge is 2.27. The molecule has 0 aromatic carbocycles. The number of thiophene rings is 1. The number of ether oxygens (including phenoxy) is 1. The van der Waals surface area contributed by atoms with Gasteiger partial charge in [-0.2, -0.15) is 0 Å². The molecule has 7 heteroatoms. The van der Waals surface area contributed by atoms with Crippen LogP contribution in [0, 0.1) is 5.92 Å². The molecule has 1 aromatic heterocycles. The zero-order chi connectivity index (χ0) is 15.5. The van der Waals surface area contributed by atoms with Crippen LogP contribution in [0.2, 0.25) is 0 Å². The van der Waals surface area contributed by atoms with Gasteiger partial charge in [0.1, 0.15) is 4.21 Å². The number of sulfonamides is 1. The standard InChI is InChI=1S/C14H24N2O3S2/c1-10(2)15-8-13-4-5-14(20-13)21(17,18)16-11(3)12-6-7-19-9-12/h4-5,10-12,15-16H,6-9H2,1-3H3. The zero-order valence-corrected chi connectivity index (χ0v) is 14.4. The molecule has 0 amide bonds. The maximum atomic E-state index is 12.4. The van der Waals surface area contributed by atoms with Crippen molar-refractivity contribution in [2.75, 3.05) is 13.2 Å². The number of hydrogen-bond donors (Lipinski definition) is 2. The molecular formula is C14H24N2O3S2. The van der Waals surface area contributed by atoms with Gasteiger partial charge in [-0.25, -0.2) is 13.1 Å². The highest BCUT2D eigenvalue weighted by atomic mass is 32.2. The van der Waals surface area contributed by atoms with Crippen molar-refractivity contribution in [3.63, 3.8) is 0 Å². The average Bonchev–Trinajstić information content (AvgIpc) is 3.07. The second-order valence-electron chi connectivity index (χ2n) is 5.79. The van der Waals surface area contributed by atoms with Crippen molar-refractivity contribution in [2.45, 2.75) is 50.0 Å². The fourth-order valence-corrected chi connectivity index (χ4v) is 4.88. The quantitative estimate of drug-likeness (QED) is 0.801. The Balaban J connectivity index is 1.98. The van der Waals surface area contributed by atoms with E-state index in [0.717, 1.165) is 17.9 Å². The fraction of sp³-hybridized carbons (Fsp3) is 0.714. The summed E-state index contributed by atoms with van der Waals surface area (Å²) >= 11 is 1.32. The second-order valence-corrected chi connectivity index (χ2v) is 8.90. The van der Waals surface area contributed by atoms with E-state index in [2.05, 4.69) is 23.9 Å². The van der Waals surface area contributed by atoms with E-state index >= 15 is 0 Å². The largest absolute Gasteiger partial charge is 0.381 e. The molecule has 0 radical (unpaired) electrons. The van der Waals surface area contributed by atoms with Gasteiger partial charge in [0.25, 0.3) is 0 Å². The van der Waals surface area contributed by atoms with E-state index in [1.54, 1.807) is 6.07 Å². The fourth-order valence-electron chi connectivity index (χ4n) is 2.25. The van der Waals surface area contributed by atoms with Gasteiger partial charge in [-0.3, -0.25) is 0 Å². The summed E-state index contributed by atoms with van der Waals surface area (Å²) in [5.41, 5.74) is 0. The molecule has 1 aliphatic heterocycles. The Hall–Kier alpha value is -0.470. The second kappa shape index (κ2) is 7.19. The van der Waals surface area contributed by atoms with Crippen LogP contribution in [0.5, 0.6) is 0 Å². The minimum atomic E-state index is -3.43. The highest BCUT2D eigenvalue weighted by molar-refractivity contribution is 7.91. The summed E-state index contributed by atoms with van der Waals surface area (Å²) in [6, 6.07) is 3.84. The Morgan fingerprint density at radius 1 is 1.38 bits per heavy atom. The maximum absolute atomic E-state index is 12.4. The van der Waals surface area contributed by atoms with E-state index in [0.29, 0.717) is 23.4 Å². The predicted octanol–water partition coefficient (Wildman–Crippen LogP) is 1.95. The van der Waals surface area contributed by atoms with Crippen LogP contribution >= 0.6 is 11.3 Å². The maximum Gasteiger partial charge on any atom is 0.250 e. The molecule has 1 aromatic rings. The van der Waals surface area contributed by atoms with Gasteiger partial charge in [-0.05, 0) is 25.5 Å². The van der Waals surface area contributed by atoms with Gasteiger partial charge in [-0.15, -0.1) is 11.3 Å². The third-order valence-electron chi connectivity index (χ3n) is 3.60.